The van der Waals surface area contributed by atoms with Crippen LogP contribution in [-0.2, 0) is 17.8 Å². The molecule has 2 rings (SSSR count). The minimum Gasteiger partial charge on any atom is -0.448 e. The maximum absolute atomic E-state index is 5.96. The predicted octanol–water partition coefficient (Wildman–Crippen LogP) is 1.22. The van der Waals surface area contributed by atoms with Crippen LogP contribution in [0.15, 0.2) is 10.5 Å². The smallest absolute Gasteiger partial charge is 0.197 e. The zero-order valence-corrected chi connectivity index (χ0v) is 9.29. The molecule has 0 aromatic carbocycles. The van der Waals surface area contributed by atoms with Crippen molar-refractivity contribution in [3.8, 4) is 0 Å². The summed E-state index contributed by atoms with van der Waals surface area (Å²) in [4.78, 5) is 2.29. The average molecular weight is 231 g/mol. The van der Waals surface area contributed by atoms with Gasteiger partial charge in [-0.3, -0.25) is 4.90 Å². The third-order valence-corrected chi connectivity index (χ3v) is 2.83. The summed E-state index contributed by atoms with van der Waals surface area (Å²) in [5, 5.41) is 0.460. The van der Waals surface area contributed by atoms with Crippen molar-refractivity contribution in [3.63, 3.8) is 0 Å². The first-order chi connectivity index (χ1) is 7.29. The normalized spacial score (nSPS) is 18.3. The number of hydrogen-bond acceptors (Lipinski definition) is 4. The van der Waals surface area contributed by atoms with Gasteiger partial charge in [0.25, 0.3) is 0 Å². The van der Waals surface area contributed by atoms with Gasteiger partial charge in [0.1, 0.15) is 5.76 Å². The molecule has 5 heteroatoms. The molecule has 0 spiro atoms. The Hall–Kier alpha value is -0.550. The quantitative estimate of drug-likeness (QED) is 0.849. The lowest BCUT2D eigenvalue weighted by Crippen LogP contribution is -2.35. The average Bonchev–Trinajstić information content (AvgIpc) is 2.61. The molecule has 1 fully saturated rings. The summed E-state index contributed by atoms with van der Waals surface area (Å²) in [5.74, 6) is 0.739. The van der Waals surface area contributed by atoms with E-state index < -0.39 is 0 Å². The second-order valence-corrected chi connectivity index (χ2v) is 3.95. The fraction of sp³-hybridized carbons (Fsp3) is 0.600. The molecule has 2 heterocycles. The minimum atomic E-state index is 0.392. The summed E-state index contributed by atoms with van der Waals surface area (Å²) >= 11 is 5.96. The van der Waals surface area contributed by atoms with Gasteiger partial charge >= 0.3 is 0 Å². The van der Waals surface area contributed by atoms with Crippen molar-refractivity contribution in [1.29, 1.82) is 0 Å². The van der Waals surface area contributed by atoms with Gasteiger partial charge in [-0.1, -0.05) is 0 Å². The molecule has 1 saturated heterocycles. The summed E-state index contributed by atoms with van der Waals surface area (Å²) in [6, 6.07) is 1.93. The number of nitrogens with two attached hydrogens (primary N) is 1. The Morgan fingerprint density at radius 3 is 2.73 bits per heavy atom. The van der Waals surface area contributed by atoms with Gasteiger partial charge in [0.05, 0.1) is 19.8 Å². The summed E-state index contributed by atoms with van der Waals surface area (Å²) < 4.78 is 10.6. The molecule has 0 bridgehead atoms. The van der Waals surface area contributed by atoms with Gasteiger partial charge in [-0.2, -0.15) is 0 Å². The molecule has 1 aliphatic rings. The van der Waals surface area contributed by atoms with Gasteiger partial charge in [0.15, 0.2) is 5.22 Å². The highest BCUT2D eigenvalue weighted by Crippen LogP contribution is 2.22. The Bertz CT molecular complexity index is 321. The Labute approximate surface area is 93.9 Å². The Kier molecular flexibility index (Phi) is 3.64. The summed E-state index contributed by atoms with van der Waals surface area (Å²) in [7, 11) is 0. The van der Waals surface area contributed by atoms with Crippen LogP contribution in [0.4, 0.5) is 0 Å². The van der Waals surface area contributed by atoms with Crippen molar-refractivity contribution in [3.05, 3.63) is 22.6 Å². The number of rotatable bonds is 3. The number of nitrogens with zero attached hydrogens (tertiary/aromatic N) is 1. The van der Waals surface area contributed by atoms with E-state index in [2.05, 4.69) is 4.90 Å². The molecule has 84 valence electrons. The van der Waals surface area contributed by atoms with Crippen molar-refractivity contribution in [1.82, 2.24) is 4.90 Å². The third kappa shape index (κ3) is 2.72. The monoisotopic (exact) mass is 230 g/mol. The molecule has 0 atom stereocenters. The molecule has 0 saturated carbocycles. The van der Waals surface area contributed by atoms with Crippen LogP contribution in [-0.4, -0.2) is 31.2 Å². The predicted molar refractivity (Wildman–Crippen MR) is 57.7 cm³/mol. The molecule has 0 amide bonds. The van der Waals surface area contributed by atoms with Crippen molar-refractivity contribution >= 4 is 11.6 Å². The highest BCUT2D eigenvalue weighted by molar-refractivity contribution is 6.29. The second kappa shape index (κ2) is 4.99. The molecule has 0 unspecified atom stereocenters. The highest BCUT2D eigenvalue weighted by atomic mass is 35.5. The first-order valence-electron chi connectivity index (χ1n) is 5.07. The molecule has 2 N–H and O–H groups in total. The molecule has 0 radical (unpaired) electrons. The number of morpholine rings is 1. The lowest BCUT2D eigenvalue weighted by Gasteiger charge is -2.25. The number of furan rings is 1. The SMILES string of the molecule is NCc1cc(CN2CCOCC2)c(Cl)o1. The molecular formula is C10H15ClN2O2. The summed E-state index contributed by atoms with van der Waals surface area (Å²) in [5.41, 5.74) is 6.49. The molecule has 4 nitrogen and oxygen atoms in total. The van der Waals surface area contributed by atoms with Gasteiger partial charge in [-0.25, -0.2) is 0 Å². The third-order valence-electron chi connectivity index (χ3n) is 2.51. The maximum atomic E-state index is 5.96. The van der Waals surface area contributed by atoms with E-state index in [9.17, 15) is 0 Å². The highest BCUT2D eigenvalue weighted by Gasteiger charge is 2.15. The molecule has 1 aromatic heterocycles. The fourth-order valence-corrected chi connectivity index (χ4v) is 1.88. The van der Waals surface area contributed by atoms with E-state index in [-0.39, 0.29) is 0 Å². The van der Waals surface area contributed by atoms with Crippen molar-refractivity contribution in [2.24, 2.45) is 5.73 Å². The van der Waals surface area contributed by atoms with E-state index in [1.807, 2.05) is 6.07 Å². The van der Waals surface area contributed by atoms with Gasteiger partial charge in [-0.15, -0.1) is 0 Å². The lowest BCUT2D eigenvalue weighted by atomic mass is 10.2. The van der Waals surface area contributed by atoms with Gasteiger partial charge in [0.2, 0.25) is 0 Å². The van der Waals surface area contributed by atoms with Crippen LogP contribution in [0.5, 0.6) is 0 Å². The van der Waals surface area contributed by atoms with E-state index in [1.54, 1.807) is 0 Å². The molecular weight excluding hydrogens is 216 g/mol. The number of hydrogen-bond donors (Lipinski definition) is 1. The Balaban J connectivity index is 1.99. The summed E-state index contributed by atoms with van der Waals surface area (Å²) in [6.45, 7) is 4.67. The van der Waals surface area contributed by atoms with E-state index >= 15 is 0 Å². The largest absolute Gasteiger partial charge is 0.448 e. The van der Waals surface area contributed by atoms with Crippen LogP contribution in [0.25, 0.3) is 0 Å². The van der Waals surface area contributed by atoms with E-state index in [4.69, 9.17) is 26.5 Å². The maximum Gasteiger partial charge on any atom is 0.197 e. The van der Waals surface area contributed by atoms with Crippen LogP contribution >= 0.6 is 11.6 Å². The van der Waals surface area contributed by atoms with Gasteiger partial charge < -0.3 is 14.9 Å². The number of halogens is 1. The van der Waals surface area contributed by atoms with Crippen LogP contribution in [0, 0.1) is 0 Å². The standard InChI is InChI=1S/C10H15ClN2O2/c11-10-8(5-9(6-12)15-10)7-13-1-3-14-4-2-13/h5H,1-4,6-7,12H2. The van der Waals surface area contributed by atoms with Crippen molar-refractivity contribution in [2.75, 3.05) is 26.3 Å². The van der Waals surface area contributed by atoms with Crippen LogP contribution in [0.3, 0.4) is 0 Å². The summed E-state index contributed by atoms with van der Waals surface area (Å²) in [6.07, 6.45) is 0. The van der Waals surface area contributed by atoms with E-state index in [0.717, 1.165) is 44.2 Å². The lowest BCUT2D eigenvalue weighted by molar-refractivity contribution is 0.0341. The van der Waals surface area contributed by atoms with Crippen LogP contribution < -0.4 is 5.73 Å². The van der Waals surface area contributed by atoms with Crippen LogP contribution in [0.2, 0.25) is 5.22 Å². The molecule has 1 aliphatic heterocycles. The van der Waals surface area contributed by atoms with Crippen molar-refractivity contribution in [2.45, 2.75) is 13.1 Å². The van der Waals surface area contributed by atoms with Crippen molar-refractivity contribution < 1.29 is 9.15 Å². The fourth-order valence-electron chi connectivity index (χ4n) is 1.67. The first-order valence-corrected chi connectivity index (χ1v) is 5.44. The number of ether oxygens (including phenoxy) is 1. The molecule has 0 aliphatic carbocycles. The van der Waals surface area contributed by atoms with E-state index in [0.29, 0.717) is 11.8 Å². The Morgan fingerprint density at radius 1 is 1.40 bits per heavy atom. The van der Waals surface area contributed by atoms with Crippen LogP contribution in [0.1, 0.15) is 11.3 Å². The van der Waals surface area contributed by atoms with E-state index in [1.165, 1.54) is 0 Å². The molecule has 1 aromatic rings. The zero-order valence-electron chi connectivity index (χ0n) is 8.54. The zero-order chi connectivity index (χ0) is 10.7. The molecule has 15 heavy (non-hydrogen) atoms. The minimum absolute atomic E-state index is 0.392. The topological polar surface area (TPSA) is 51.6 Å². The second-order valence-electron chi connectivity index (χ2n) is 3.60. The van der Waals surface area contributed by atoms with Gasteiger partial charge in [-0.05, 0) is 17.7 Å². The Morgan fingerprint density at radius 2 is 2.13 bits per heavy atom. The first kappa shape index (κ1) is 11.0. The van der Waals surface area contributed by atoms with Gasteiger partial charge in [0, 0.05) is 25.2 Å².